The van der Waals surface area contributed by atoms with Crippen molar-refractivity contribution in [3.8, 4) is 11.5 Å². The molecule has 2 aromatic carbocycles. The molecule has 0 bridgehead atoms. The molecule has 2 N–H and O–H groups in total. The van der Waals surface area contributed by atoms with Gasteiger partial charge in [-0.15, -0.1) is 0 Å². The van der Waals surface area contributed by atoms with E-state index in [0.717, 1.165) is 17.2 Å². The first-order valence-corrected chi connectivity index (χ1v) is 8.80. The molecule has 0 radical (unpaired) electrons. The van der Waals surface area contributed by atoms with Gasteiger partial charge in [0.25, 0.3) is 5.91 Å². The number of nitrogens with zero attached hydrogens (tertiary/aromatic N) is 2. The maximum atomic E-state index is 12.0. The van der Waals surface area contributed by atoms with Crippen LogP contribution in [0.15, 0.2) is 67.0 Å². The summed E-state index contributed by atoms with van der Waals surface area (Å²) in [6.45, 7) is 4.68. The molecule has 1 amide bonds. The van der Waals surface area contributed by atoms with Crippen LogP contribution in [-0.4, -0.2) is 22.4 Å². The molecular weight excluding hydrogens is 340 g/mol. The molecule has 1 aromatic heterocycles. The number of anilines is 2. The topological polar surface area (TPSA) is 76.1 Å². The highest BCUT2D eigenvalue weighted by Gasteiger charge is 2.08. The fourth-order valence-corrected chi connectivity index (χ4v) is 2.28. The summed E-state index contributed by atoms with van der Waals surface area (Å²) in [4.78, 5) is 20.4. The third-order valence-corrected chi connectivity index (χ3v) is 3.66. The summed E-state index contributed by atoms with van der Waals surface area (Å²) in [6.07, 6.45) is 3.00. The summed E-state index contributed by atoms with van der Waals surface area (Å²) in [6, 6.07) is 17.1. The number of carbonyl (C=O) groups excluding carboxylic acids is 1. The largest absolute Gasteiger partial charge is 0.457 e. The molecule has 0 saturated heterocycles. The SMILES string of the molecule is CC(C)CNC(=O)c1cnc(Nc2ccc(Oc3ccccc3)cc2)cn1. The normalized spacial score (nSPS) is 10.5. The highest BCUT2D eigenvalue weighted by atomic mass is 16.5. The van der Waals surface area contributed by atoms with Gasteiger partial charge in [0.1, 0.15) is 23.0 Å². The molecule has 1 heterocycles. The number of hydrogen-bond donors (Lipinski definition) is 2. The molecule has 0 saturated carbocycles. The van der Waals surface area contributed by atoms with Gasteiger partial charge in [0.15, 0.2) is 0 Å². The van der Waals surface area contributed by atoms with Crippen molar-refractivity contribution in [3.63, 3.8) is 0 Å². The predicted octanol–water partition coefficient (Wildman–Crippen LogP) is 4.40. The number of ether oxygens (including phenoxy) is 1. The molecule has 6 heteroatoms. The first-order valence-electron chi connectivity index (χ1n) is 8.80. The molecule has 3 aromatic rings. The average molecular weight is 362 g/mol. The van der Waals surface area contributed by atoms with Crippen LogP contribution >= 0.6 is 0 Å². The number of para-hydroxylation sites is 1. The second-order valence-electron chi connectivity index (χ2n) is 6.46. The number of hydrogen-bond acceptors (Lipinski definition) is 5. The van der Waals surface area contributed by atoms with E-state index in [9.17, 15) is 4.79 Å². The summed E-state index contributed by atoms with van der Waals surface area (Å²) in [5.74, 6) is 2.26. The van der Waals surface area contributed by atoms with Gasteiger partial charge in [-0.1, -0.05) is 32.0 Å². The standard InChI is InChI=1S/C21H22N4O2/c1-15(2)12-24-21(26)19-13-23-20(14-22-19)25-16-8-10-18(11-9-16)27-17-6-4-3-5-7-17/h3-11,13-15H,12H2,1-2H3,(H,23,25)(H,24,26). The van der Waals surface area contributed by atoms with Crippen LogP contribution in [-0.2, 0) is 0 Å². The van der Waals surface area contributed by atoms with Crippen molar-refractivity contribution in [1.29, 1.82) is 0 Å². The lowest BCUT2D eigenvalue weighted by molar-refractivity contribution is 0.0943. The minimum absolute atomic E-state index is 0.217. The van der Waals surface area contributed by atoms with Crippen LogP contribution in [0, 0.1) is 5.92 Å². The fourth-order valence-electron chi connectivity index (χ4n) is 2.28. The van der Waals surface area contributed by atoms with E-state index in [0.29, 0.717) is 24.0 Å². The third kappa shape index (κ3) is 5.54. The Bertz CT molecular complexity index is 863. The molecule has 0 fully saturated rings. The Kier molecular flexibility index (Phi) is 5.99. The van der Waals surface area contributed by atoms with Crippen LogP contribution in [0.5, 0.6) is 11.5 Å². The maximum Gasteiger partial charge on any atom is 0.271 e. The monoisotopic (exact) mass is 362 g/mol. The Balaban J connectivity index is 1.58. The Morgan fingerprint density at radius 3 is 2.30 bits per heavy atom. The average Bonchev–Trinajstić information content (AvgIpc) is 2.69. The molecular formula is C21H22N4O2. The number of nitrogens with one attached hydrogen (secondary N) is 2. The van der Waals surface area contributed by atoms with Crippen molar-refractivity contribution in [1.82, 2.24) is 15.3 Å². The van der Waals surface area contributed by atoms with E-state index < -0.39 is 0 Å². The lowest BCUT2D eigenvalue weighted by Gasteiger charge is -2.09. The van der Waals surface area contributed by atoms with Gasteiger partial charge < -0.3 is 15.4 Å². The zero-order valence-electron chi connectivity index (χ0n) is 15.3. The summed E-state index contributed by atoms with van der Waals surface area (Å²) in [7, 11) is 0. The Labute approximate surface area is 158 Å². The van der Waals surface area contributed by atoms with E-state index in [1.165, 1.54) is 6.20 Å². The van der Waals surface area contributed by atoms with Crippen LogP contribution in [0.3, 0.4) is 0 Å². The minimum atomic E-state index is -0.217. The Morgan fingerprint density at radius 1 is 0.963 bits per heavy atom. The summed E-state index contributed by atoms with van der Waals surface area (Å²) in [5.41, 5.74) is 1.15. The highest BCUT2D eigenvalue weighted by Crippen LogP contribution is 2.23. The molecule has 6 nitrogen and oxygen atoms in total. The second-order valence-corrected chi connectivity index (χ2v) is 6.46. The van der Waals surface area contributed by atoms with Crippen molar-refractivity contribution in [3.05, 3.63) is 72.7 Å². The number of amides is 1. The van der Waals surface area contributed by atoms with Gasteiger partial charge in [0.2, 0.25) is 0 Å². The van der Waals surface area contributed by atoms with Crippen LogP contribution in [0.1, 0.15) is 24.3 Å². The van der Waals surface area contributed by atoms with Crippen LogP contribution in [0.25, 0.3) is 0 Å². The van der Waals surface area contributed by atoms with E-state index in [-0.39, 0.29) is 5.91 Å². The number of aromatic nitrogens is 2. The molecule has 0 unspecified atom stereocenters. The van der Waals surface area contributed by atoms with Crippen molar-refractivity contribution in [2.45, 2.75) is 13.8 Å². The highest BCUT2D eigenvalue weighted by molar-refractivity contribution is 5.92. The van der Waals surface area contributed by atoms with Gasteiger partial charge in [-0.3, -0.25) is 4.79 Å². The van der Waals surface area contributed by atoms with Crippen LogP contribution in [0.2, 0.25) is 0 Å². The van der Waals surface area contributed by atoms with Gasteiger partial charge in [0.05, 0.1) is 12.4 Å². The van der Waals surface area contributed by atoms with Crippen molar-refractivity contribution >= 4 is 17.4 Å². The summed E-state index contributed by atoms with van der Waals surface area (Å²) < 4.78 is 5.77. The van der Waals surface area contributed by atoms with Gasteiger partial charge in [-0.05, 0) is 42.3 Å². The zero-order valence-corrected chi connectivity index (χ0v) is 15.3. The lowest BCUT2D eigenvalue weighted by atomic mass is 10.2. The van der Waals surface area contributed by atoms with Crippen molar-refractivity contribution < 1.29 is 9.53 Å². The van der Waals surface area contributed by atoms with E-state index in [1.54, 1.807) is 6.20 Å². The van der Waals surface area contributed by atoms with Crippen molar-refractivity contribution in [2.24, 2.45) is 5.92 Å². The van der Waals surface area contributed by atoms with Crippen LogP contribution in [0.4, 0.5) is 11.5 Å². The van der Waals surface area contributed by atoms with E-state index in [2.05, 4.69) is 20.6 Å². The smallest absolute Gasteiger partial charge is 0.271 e. The predicted molar refractivity (Wildman–Crippen MR) is 105 cm³/mol. The quantitative estimate of drug-likeness (QED) is 0.651. The van der Waals surface area contributed by atoms with Crippen LogP contribution < -0.4 is 15.4 Å². The molecule has 0 aliphatic carbocycles. The fraction of sp³-hybridized carbons (Fsp3) is 0.190. The molecule has 138 valence electrons. The molecule has 0 spiro atoms. The zero-order chi connectivity index (χ0) is 19.1. The third-order valence-electron chi connectivity index (χ3n) is 3.66. The lowest BCUT2D eigenvalue weighted by Crippen LogP contribution is -2.28. The first kappa shape index (κ1) is 18.4. The molecule has 0 atom stereocenters. The minimum Gasteiger partial charge on any atom is -0.457 e. The number of rotatable bonds is 7. The van der Waals surface area contributed by atoms with Gasteiger partial charge in [-0.25, -0.2) is 9.97 Å². The summed E-state index contributed by atoms with van der Waals surface area (Å²) >= 11 is 0. The van der Waals surface area contributed by atoms with E-state index in [1.807, 2.05) is 68.4 Å². The summed E-state index contributed by atoms with van der Waals surface area (Å²) in [5, 5.41) is 5.97. The van der Waals surface area contributed by atoms with Gasteiger partial charge in [-0.2, -0.15) is 0 Å². The van der Waals surface area contributed by atoms with Crippen molar-refractivity contribution in [2.75, 3.05) is 11.9 Å². The van der Waals surface area contributed by atoms with E-state index in [4.69, 9.17) is 4.74 Å². The Hall–Kier alpha value is -3.41. The van der Waals surface area contributed by atoms with Gasteiger partial charge >= 0.3 is 0 Å². The van der Waals surface area contributed by atoms with E-state index >= 15 is 0 Å². The molecule has 27 heavy (non-hydrogen) atoms. The Morgan fingerprint density at radius 2 is 1.67 bits per heavy atom. The molecule has 0 aliphatic heterocycles. The number of carbonyl (C=O) groups is 1. The second kappa shape index (κ2) is 8.80. The molecule has 3 rings (SSSR count). The maximum absolute atomic E-state index is 12.0. The number of benzene rings is 2. The van der Waals surface area contributed by atoms with Gasteiger partial charge in [0, 0.05) is 12.2 Å². The molecule has 0 aliphatic rings. The first-order chi connectivity index (χ1) is 13.1.